The van der Waals surface area contributed by atoms with Gasteiger partial charge in [-0.3, -0.25) is 0 Å². The van der Waals surface area contributed by atoms with Crippen LogP contribution in [0.15, 0.2) is 66.7 Å². The number of hydrogen-bond donors (Lipinski definition) is 0. The molecule has 0 amide bonds. The second-order valence-corrected chi connectivity index (χ2v) is 7.26. The Bertz CT molecular complexity index is 1070. The van der Waals surface area contributed by atoms with E-state index in [1.54, 1.807) is 12.1 Å². The zero-order valence-electron chi connectivity index (χ0n) is 16.4. The Morgan fingerprint density at radius 1 is 0.759 bits per heavy atom. The molecular formula is C27H22ClF. The van der Waals surface area contributed by atoms with E-state index in [0.717, 1.165) is 36.8 Å². The lowest BCUT2D eigenvalue weighted by atomic mass is 10.0. The van der Waals surface area contributed by atoms with Crippen molar-refractivity contribution in [1.29, 1.82) is 0 Å². The normalized spacial score (nSPS) is 9.90. The summed E-state index contributed by atoms with van der Waals surface area (Å²) in [6.45, 7) is 2.14. The number of halogens is 2. The monoisotopic (exact) mass is 400 g/mol. The zero-order valence-corrected chi connectivity index (χ0v) is 17.2. The summed E-state index contributed by atoms with van der Waals surface area (Å²) in [4.78, 5) is 0. The van der Waals surface area contributed by atoms with Crippen molar-refractivity contribution in [3.8, 4) is 23.7 Å². The molecule has 144 valence electrons. The lowest BCUT2D eigenvalue weighted by molar-refractivity contribution is 0.624. The first-order chi connectivity index (χ1) is 14.1. The van der Waals surface area contributed by atoms with Crippen molar-refractivity contribution in [2.75, 3.05) is 0 Å². The average Bonchev–Trinajstić information content (AvgIpc) is 2.73. The average molecular weight is 401 g/mol. The summed E-state index contributed by atoms with van der Waals surface area (Å²) in [7, 11) is 0. The largest absolute Gasteiger partial charge is 0.206 e. The van der Waals surface area contributed by atoms with Crippen LogP contribution in [0.25, 0.3) is 0 Å². The molecule has 0 spiro atoms. The van der Waals surface area contributed by atoms with Gasteiger partial charge in [0.15, 0.2) is 0 Å². The Balaban J connectivity index is 1.57. The fraction of sp³-hybridized carbons (Fsp3) is 0.185. The zero-order chi connectivity index (χ0) is 20.5. The molecule has 3 rings (SSSR count). The highest BCUT2D eigenvalue weighted by molar-refractivity contribution is 6.30. The Labute approximate surface area is 177 Å². The predicted molar refractivity (Wildman–Crippen MR) is 119 cm³/mol. The van der Waals surface area contributed by atoms with Gasteiger partial charge < -0.3 is 0 Å². The molecule has 0 atom stereocenters. The molecule has 0 aliphatic heterocycles. The van der Waals surface area contributed by atoms with Crippen LogP contribution < -0.4 is 0 Å². The van der Waals surface area contributed by atoms with Crippen LogP contribution in [-0.4, -0.2) is 0 Å². The van der Waals surface area contributed by atoms with Gasteiger partial charge in [0.2, 0.25) is 0 Å². The highest BCUT2D eigenvalue weighted by Crippen LogP contribution is 2.14. The fourth-order valence-corrected chi connectivity index (χ4v) is 2.98. The molecule has 0 saturated heterocycles. The Hall–Kier alpha value is -3.00. The number of benzene rings is 3. The maximum atomic E-state index is 13.8. The molecule has 0 aliphatic rings. The maximum absolute atomic E-state index is 13.8. The third-order valence-corrected chi connectivity index (χ3v) is 4.73. The summed E-state index contributed by atoms with van der Waals surface area (Å²) in [6.07, 6.45) is 3.97. The highest BCUT2D eigenvalue weighted by Gasteiger charge is 2.00. The van der Waals surface area contributed by atoms with E-state index in [-0.39, 0.29) is 0 Å². The molecule has 29 heavy (non-hydrogen) atoms. The van der Waals surface area contributed by atoms with Gasteiger partial charge in [-0.15, -0.1) is 0 Å². The third-order valence-electron chi connectivity index (χ3n) is 4.49. The minimum atomic E-state index is -0.399. The molecule has 0 nitrogen and oxygen atoms in total. The highest BCUT2D eigenvalue weighted by atomic mass is 35.5. The van der Waals surface area contributed by atoms with Gasteiger partial charge in [0.1, 0.15) is 5.82 Å². The molecule has 0 heterocycles. The summed E-state index contributed by atoms with van der Waals surface area (Å²) in [5.41, 5.74) is 4.83. The topological polar surface area (TPSA) is 0 Å². The summed E-state index contributed by atoms with van der Waals surface area (Å²) < 4.78 is 13.8. The van der Waals surface area contributed by atoms with Crippen LogP contribution in [0.4, 0.5) is 4.39 Å². The molecule has 0 bridgehead atoms. The summed E-state index contributed by atoms with van der Waals surface area (Å²) in [5, 5.41) is 0.372. The van der Waals surface area contributed by atoms with Crippen LogP contribution in [-0.2, 0) is 12.8 Å². The smallest absolute Gasteiger partial charge is 0.140 e. The number of rotatable bonds is 4. The van der Waals surface area contributed by atoms with Crippen molar-refractivity contribution in [3.05, 3.63) is 105 Å². The van der Waals surface area contributed by atoms with Crippen LogP contribution in [0, 0.1) is 29.5 Å². The van der Waals surface area contributed by atoms with E-state index >= 15 is 0 Å². The Morgan fingerprint density at radius 2 is 1.34 bits per heavy atom. The van der Waals surface area contributed by atoms with Gasteiger partial charge in [0.05, 0.1) is 5.56 Å². The van der Waals surface area contributed by atoms with Gasteiger partial charge in [-0.05, 0) is 72.9 Å². The summed E-state index contributed by atoms with van der Waals surface area (Å²) in [5.74, 6) is 11.8. The van der Waals surface area contributed by atoms with E-state index in [0.29, 0.717) is 10.6 Å². The molecule has 0 saturated carbocycles. The Kier molecular flexibility index (Phi) is 7.52. The molecule has 0 unspecified atom stereocenters. The van der Waals surface area contributed by atoms with E-state index in [9.17, 15) is 4.39 Å². The van der Waals surface area contributed by atoms with E-state index in [2.05, 4.69) is 67.0 Å². The van der Waals surface area contributed by atoms with E-state index in [1.165, 1.54) is 17.2 Å². The number of aryl methyl sites for hydroxylation is 2. The second kappa shape index (κ2) is 10.5. The van der Waals surface area contributed by atoms with Crippen LogP contribution in [0.5, 0.6) is 0 Å². The molecule has 3 aromatic carbocycles. The fourth-order valence-electron chi connectivity index (χ4n) is 2.82. The predicted octanol–water partition coefficient (Wildman–Crippen LogP) is 6.82. The molecular weight excluding hydrogens is 379 g/mol. The standard InChI is InChI=1S/C27H22ClF/c1-2-3-4-5-21-6-8-22(9-7-21)10-11-23-12-14-24(15-13-23)16-17-25-18-19-26(28)20-27(25)29/h6-9,12-15,18-20H,2-3,10-11H2,1H3. The van der Waals surface area contributed by atoms with Crippen molar-refractivity contribution in [2.45, 2.75) is 32.6 Å². The molecule has 0 N–H and O–H groups in total. The van der Waals surface area contributed by atoms with Crippen LogP contribution >= 0.6 is 11.6 Å². The first kappa shape index (κ1) is 20.7. The maximum Gasteiger partial charge on any atom is 0.140 e. The van der Waals surface area contributed by atoms with Crippen molar-refractivity contribution in [2.24, 2.45) is 0 Å². The van der Waals surface area contributed by atoms with Gasteiger partial charge in [0, 0.05) is 22.6 Å². The van der Waals surface area contributed by atoms with Crippen LogP contribution in [0.2, 0.25) is 5.02 Å². The molecule has 0 aromatic heterocycles. The van der Waals surface area contributed by atoms with Crippen LogP contribution in [0.3, 0.4) is 0 Å². The van der Waals surface area contributed by atoms with Gasteiger partial charge in [-0.2, -0.15) is 0 Å². The van der Waals surface area contributed by atoms with E-state index < -0.39 is 5.82 Å². The van der Waals surface area contributed by atoms with E-state index in [1.807, 2.05) is 12.1 Å². The lowest BCUT2D eigenvalue weighted by Crippen LogP contribution is -1.92. The molecule has 2 heteroatoms. The minimum absolute atomic E-state index is 0.348. The lowest BCUT2D eigenvalue weighted by Gasteiger charge is -2.03. The van der Waals surface area contributed by atoms with Gasteiger partial charge in [0.25, 0.3) is 0 Å². The molecule has 0 aliphatic carbocycles. The van der Waals surface area contributed by atoms with Crippen molar-refractivity contribution in [3.63, 3.8) is 0 Å². The first-order valence-corrected chi connectivity index (χ1v) is 10.2. The Morgan fingerprint density at radius 3 is 1.90 bits per heavy atom. The summed E-state index contributed by atoms with van der Waals surface area (Å²) in [6, 6.07) is 21.1. The SMILES string of the molecule is CCCC#Cc1ccc(CCc2ccc(C#Cc3ccc(Cl)cc3F)cc2)cc1. The first-order valence-electron chi connectivity index (χ1n) is 9.78. The number of unbranched alkanes of at least 4 members (excludes halogenated alkanes) is 1. The molecule has 0 fully saturated rings. The third kappa shape index (κ3) is 6.53. The van der Waals surface area contributed by atoms with Crippen molar-refractivity contribution in [1.82, 2.24) is 0 Å². The quantitative estimate of drug-likeness (QED) is 0.421. The summed E-state index contributed by atoms with van der Waals surface area (Å²) >= 11 is 5.76. The second-order valence-electron chi connectivity index (χ2n) is 6.82. The minimum Gasteiger partial charge on any atom is -0.206 e. The van der Waals surface area contributed by atoms with Crippen LogP contribution in [0.1, 0.15) is 47.6 Å². The van der Waals surface area contributed by atoms with Gasteiger partial charge in [-0.25, -0.2) is 4.39 Å². The molecule has 0 radical (unpaired) electrons. The van der Waals surface area contributed by atoms with Gasteiger partial charge in [-0.1, -0.05) is 66.5 Å². The van der Waals surface area contributed by atoms with Gasteiger partial charge >= 0.3 is 0 Å². The van der Waals surface area contributed by atoms with E-state index in [4.69, 9.17) is 11.6 Å². The van der Waals surface area contributed by atoms with Crippen molar-refractivity contribution < 1.29 is 4.39 Å². The van der Waals surface area contributed by atoms with Crippen molar-refractivity contribution >= 4 is 11.6 Å². The number of hydrogen-bond acceptors (Lipinski definition) is 0. The molecule has 3 aromatic rings.